The summed E-state index contributed by atoms with van der Waals surface area (Å²) < 4.78 is 32.8. The van der Waals surface area contributed by atoms with Gasteiger partial charge in [0, 0.05) is 19.4 Å². The highest BCUT2D eigenvalue weighted by atomic mass is 31.2. The SMILES string of the molecule is CCCCCCCCCC/C=C\CCCCCCCCCCCCCCCC(=O)OC(COC(=O)CCCCCCCCCCCC)COP(=O)(O)OCCN. The molecule has 0 saturated heterocycles. The normalized spacial score (nSPS) is 13.3. The Balaban J connectivity index is 3.95. The average molecular weight is 816 g/mol. The third-order valence-electron chi connectivity index (χ3n) is 10.4. The molecule has 0 aliphatic heterocycles. The van der Waals surface area contributed by atoms with Crippen molar-refractivity contribution in [2.75, 3.05) is 26.4 Å². The molecule has 0 aromatic heterocycles. The molecule has 0 heterocycles. The predicted molar refractivity (Wildman–Crippen MR) is 234 cm³/mol. The van der Waals surface area contributed by atoms with Gasteiger partial charge in [0.05, 0.1) is 13.2 Å². The molecule has 0 radical (unpaired) electrons. The molecule has 0 aliphatic rings. The smallest absolute Gasteiger partial charge is 0.462 e. The minimum atomic E-state index is -4.37. The van der Waals surface area contributed by atoms with Crippen molar-refractivity contribution in [2.45, 2.75) is 245 Å². The van der Waals surface area contributed by atoms with E-state index in [1.165, 1.54) is 173 Å². The topological polar surface area (TPSA) is 134 Å². The number of phosphoric acid groups is 1. The summed E-state index contributed by atoms with van der Waals surface area (Å²) in [7, 11) is -4.37. The largest absolute Gasteiger partial charge is 0.472 e. The van der Waals surface area contributed by atoms with Crippen LogP contribution in [-0.2, 0) is 32.7 Å². The third kappa shape index (κ3) is 42.4. The number of carbonyl (C=O) groups is 2. The molecule has 0 aliphatic carbocycles. The predicted octanol–water partition coefficient (Wildman–Crippen LogP) is 13.8. The van der Waals surface area contributed by atoms with Crippen molar-refractivity contribution < 1.29 is 37.6 Å². The third-order valence-corrected chi connectivity index (χ3v) is 11.4. The van der Waals surface area contributed by atoms with Crippen molar-refractivity contribution in [3.63, 3.8) is 0 Å². The number of phosphoric ester groups is 1. The summed E-state index contributed by atoms with van der Waals surface area (Å²) in [4.78, 5) is 34.8. The monoisotopic (exact) mass is 816 g/mol. The van der Waals surface area contributed by atoms with Gasteiger partial charge in [-0.2, -0.15) is 0 Å². The molecule has 332 valence electrons. The van der Waals surface area contributed by atoms with E-state index in [0.717, 1.165) is 32.1 Å². The first-order chi connectivity index (χ1) is 27.3. The van der Waals surface area contributed by atoms with Crippen LogP contribution in [0, 0.1) is 0 Å². The Morgan fingerprint density at radius 1 is 0.518 bits per heavy atom. The van der Waals surface area contributed by atoms with Crippen LogP contribution >= 0.6 is 7.82 Å². The standard InChI is InChI=1S/C46H90NO8P/c1-3-5-7-9-11-13-15-16-17-18-19-20-21-22-23-24-25-26-27-28-29-31-33-35-37-39-46(49)55-44(43-54-56(50,51)53-41-40-47)42-52-45(48)38-36-34-32-30-14-12-10-8-6-4-2/h18-19,44H,3-17,20-43,47H2,1-2H3,(H,50,51)/b19-18-. The van der Waals surface area contributed by atoms with E-state index < -0.39 is 26.5 Å². The van der Waals surface area contributed by atoms with Crippen molar-refractivity contribution in [3.05, 3.63) is 12.2 Å². The van der Waals surface area contributed by atoms with Gasteiger partial charge < -0.3 is 20.1 Å². The molecule has 0 saturated carbocycles. The first kappa shape index (κ1) is 54.8. The molecule has 10 heteroatoms. The molecular weight excluding hydrogens is 725 g/mol. The summed E-state index contributed by atoms with van der Waals surface area (Å²) in [5.41, 5.74) is 5.35. The summed E-state index contributed by atoms with van der Waals surface area (Å²) in [5.74, 6) is -0.819. The molecule has 2 atom stereocenters. The number of hydrogen-bond acceptors (Lipinski definition) is 8. The van der Waals surface area contributed by atoms with E-state index in [2.05, 4.69) is 26.0 Å². The quantitative estimate of drug-likeness (QED) is 0.0266. The molecule has 9 nitrogen and oxygen atoms in total. The summed E-state index contributed by atoms with van der Waals surface area (Å²) in [5, 5.41) is 0. The van der Waals surface area contributed by atoms with Crippen LogP contribution in [0.15, 0.2) is 12.2 Å². The van der Waals surface area contributed by atoms with Crippen LogP contribution in [0.25, 0.3) is 0 Å². The maximum Gasteiger partial charge on any atom is 0.472 e. The van der Waals surface area contributed by atoms with Gasteiger partial charge in [0.2, 0.25) is 0 Å². The van der Waals surface area contributed by atoms with Gasteiger partial charge in [-0.3, -0.25) is 18.6 Å². The zero-order chi connectivity index (χ0) is 41.1. The molecule has 56 heavy (non-hydrogen) atoms. The number of esters is 2. The van der Waals surface area contributed by atoms with Crippen LogP contribution in [0.2, 0.25) is 0 Å². The van der Waals surface area contributed by atoms with Crippen molar-refractivity contribution in [1.29, 1.82) is 0 Å². The summed E-state index contributed by atoms with van der Waals surface area (Å²) in [6, 6.07) is 0. The number of hydrogen-bond donors (Lipinski definition) is 2. The Morgan fingerprint density at radius 2 is 0.875 bits per heavy atom. The number of nitrogens with two attached hydrogens (primary N) is 1. The Bertz CT molecular complexity index is 933. The summed E-state index contributed by atoms with van der Waals surface area (Å²) in [6.07, 6.45) is 45.5. The first-order valence-corrected chi connectivity index (χ1v) is 25.2. The Morgan fingerprint density at radius 3 is 1.27 bits per heavy atom. The number of ether oxygens (including phenoxy) is 2. The van der Waals surface area contributed by atoms with E-state index in [-0.39, 0.29) is 38.6 Å². The molecule has 0 spiro atoms. The zero-order valence-corrected chi connectivity index (χ0v) is 37.5. The fourth-order valence-electron chi connectivity index (χ4n) is 6.87. The highest BCUT2D eigenvalue weighted by Crippen LogP contribution is 2.43. The van der Waals surface area contributed by atoms with E-state index in [4.69, 9.17) is 24.3 Å². The highest BCUT2D eigenvalue weighted by molar-refractivity contribution is 7.47. The van der Waals surface area contributed by atoms with Crippen LogP contribution in [0.5, 0.6) is 0 Å². The number of allylic oxidation sites excluding steroid dienone is 2. The minimum Gasteiger partial charge on any atom is -0.462 e. The molecule has 3 N–H and O–H groups in total. The van der Waals surface area contributed by atoms with E-state index >= 15 is 0 Å². The molecule has 0 rings (SSSR count). The fraction of sp³-hybridized carbons (Fsp3) is 0.913. The molecule has 0 amide bonds. The summed E-state index contributed by atoms with van der Waals surface area (Å²) in [6.45, 7) is 3.75. The van der Waals surface area contributed by atoms with Crippen molar-refractivity contribution in [3.8, 4) is 0 Å². The van der Waals surface area contributed by atoms with Gasteiger partial charge in [-0.1, -0.05) is 199 Å². The van der Waals surface area contributed by atoms with Crippen LogP contribution in [0.3, 0.4) is 0 Å². The zero-order valence-electron chi connectivity index (χ0n) is 36.6. The maximum atomic E-state index is 12.6. The molecule has 0 fully saturated rings. The average Bonchev–Trinajstić information content (AvgIpc) is 3.18. The maximum absolute atomic E-state index is 12.6. The summed E-state index contributed by atoms with van der Waals surface area (Å²) >= 11 is 0. The second kappa shape index (κ2) is 43.3. The molecule has 2 unspecified atom stereocenters. The van der Waals surface area contributed by atoms with E-state index in [1.54, 1.807) is 0 Å². The Kier molecular flexibility index (Phi) is 42.4. The molecule has 0 aromatic carbocycles. The number of unbranched alkanes of at least 4 members (excludes halogenated alkanes) is 30. The lowest BCUT2D eigenvalue weighted by Crippen LogP contribution is -2.29. The Labute approximate surface area is 345 Å². The highest BCUT2D eigenvalue weighted by Gasteiger charge is 2.26. The number of rotatable bonds is 45. The first-order valence-electron chi connectivity index (χ1n) is 23.7. The lowest BCUT2D eigenvalue weighted by atomic mass is 10.0. The van der Waals surface area contributed by atoms with Gasteiger partial charge in [0.25, 0.3) is 0 Å². The van der Waals surface area contributed by atoms with Crippen LogP contribution in [0.4, 0.5) is 0 Å². The minimum absolute atomic E-state index is 0.0565. The molecule has 0 bridgehead atoms. The van der Waals surface area contributed by atoms with Gasteiger partial charge in [-0.05, 0) is 38.5 Å². The Hall–Kier alpha value is -1.25. The van der Waals surface area contributed by atoms with Crippen molar-refractivity contribution >= 4 is 19.8 Å². The van der Waals surface area contributed by atoms with Crippen LogP contribution in [0.1, 0.15) is 239 Å². The lowest BCUT2D eigenvalue weighted by Gasteiger charge is -2.19. The molecule has 0 aromatic rings. The van der Waals surface area contributed by atoms with Gasteiger partial charge in [0.15, 0.2) is 6.10 Å². The van der Waals surface area contributed by atoms with Crippen LogP contribution in [-0.4, -0.2) is 49.3 Å². The van der Waals surface area contributed by atoms with Gasteiger partial charge >= 0.3 is 19.8 Å². The van der Waals surface area contributed by atoms with E-state index in [1.807, 2.05) is 0 Å². The van der Waals surface area contributed by atoms with E-state index in [9.17, 15) is 19.0 Å². The fourth-order valence-corrected chi connectivity index (χ4v) is 7.63. The lowest BCUT2D eigenvalue weighted by molar-refractivity contribution is -0.161. The van der Waals surface area contributed by atoms with Gasteiger partial charge in [-0.25, -0.2) is 4.57 Å². The van der Waals surface area contributed by atoms with Crippen molar-refractivity contribution in [2.24, 2.45) is 5.73 Å². The van der Waals surface area contributed by atoms with E-state index in [0.29, 0.717) is 6.42 Å². The second-order valence-electron chi connectivity index (χ2n) is 16.0. The van der Waals surface area contributed by atoms with Gasteiger partial charge in [-0.15, -0.1) is 0 Å². The van der Waals surface area contributed by atoms with Gasteiger partial charge in [0.1, 0.15) is 6.61 Å². The second-order valence-corrected chi connectivity index (χ2v) is 17.4. The number of carbonyl (C=O) groups excluding carboxylic acids is 2. The van der Waals surface area contributed by atoms with Crippen molar-refractivity contribution in [1.82, 2.24) is 0 Å². The molecular formula is C46H90NO8P. The van der Waals surface area contributed by atoms with Crippen LogP contribution < -0.4 is 5.73 Å².